The lowest BCUT2D eigenvalue weighted by Gasteiger charge is -2.25. The third kappa shape index (κ3) is 2.65. The average molecular weight is 276 g/mol. The fourth-order valence-corrected chi connectivity index (χ4v) is 3.20. The zero-order valence-electron chi connectivity index (χ0n) is 12.0. The quantitative estimate of drug-likeness (QED) is 0.562. The fourth-order valence-electron chi connectivity index (χ4n) is 3.20. The summed E-state index contributed by atoms with van der Waals surface area (Å²) in [7, 11) is 0. The van der Waals surface area contributed by atoms with Crippen LogP contribution in [0.1, 0.15) is 43.4 Å². The van der Waals surface area contributed by atoms with Crippen LogP contribution in [-0.4, -0.2) is 40.3 Å². The molecule has 0 saturated carbocycles. The van der Waals surface area contributed by atoms with Crippen molar-refractivity contribution in [3.05, 3.63) is 11.3 Å². The number of rotatable bonds is 2. The molecular formula is C14H24N6. The number of hydrogen-bond donors (Lipinski definition) is 3. The van der Waals surface area contributed by atoms with E-state index in [-0.39, 0.29) is 5.96 Å². The largest absolute Gasteiger partial charge is 0.370 e. The van der Waals surface area contributed by atoms with E-state index >= 15 is 0 Å². The van der Waals surface area contributed by atoms with Gasteiger partial charge in [-0.2, -0.15) is 9.78 Å². The molecule has 0 unspecified atom stereocenters. The molecule has 0 radical (unpaired) electrons. The molecule has 1 saturated heterocycles. The summed E-state index contributed by atoms with van der Waals surface area (Å²) in [5.41, 5.74) is 8.04. The number of hydrogen-bond acceptors (Lipinski definition) is 4. The molecule has 3 rings (SSSR count). The minimum atomic E-state index is 0.000504. The van der Waals surface area contributed by atoms with Crippen molar-refractivity contribution in [1.82, 2.24) is 14.7 Å². The molecule has 2 aliphatic heterocycles. The lowest BCUT2D eigenvalue weighted by atomic mass is 10.1. The summed E-state index contributed by atoms with van der Waals surface area (Å²) >= 11 is 0. The highest BCUT2D eigenvalue weighted by Crippen LogP contribution is 2.26. The molecular weight excluding hydrogens is 252 g/mol. The highest BCUT2D eigenvalue weighted by Gasteiger charge is 2.22. The number of nitrogen functional groups attached to an aromatic ring is 1. The second-order valence-corrected chi connectivity index (χ2v) is 5.79. The number of piperidine rings is 1. The van der Waals surface area contributed by atoms with E-state index in [1.807, 2.05) is 0 Å². The summed E-state index contributed by atoms with van der Waals surface area (Å²) in [5.74, 6) is 0.947. The Kier molecular flexibility index (Phi) is 3.91. The van der Waals surface area contributed by atoms with Crippen molar-refractivity contribution in [1.29, 1.82) is 5.41 Å². The van der Waals surface area contributed by atoms with Crippen LogP contribution in [0, 0.1) is 5.41 Å². The highest BCUT2D eigenvalue weighted by molar-refractivity contribution is 5.81. The van der Waals surface area contributed by atoms with Crippen molar-refractivity contribution in [2.24, 2.45) is 5.73 Å². The van der Waals surface area contributed by atoms with Crippen molar-refractivity contribution in [2.75, 3.05) is 25.0 Å². The van der Waals surface area contributed by atoms with Crippen molar-refractivity contribution >= 4 is 11.8 Å². The van der Waals surface area contributed by atoms with E-state index in [2.05, 4.69) is 15.3 Å². The molecule has 110 valence electrons. The Morgan fingerprint density at radius 1 is 1.20 bits per heavy atom. The lowest BCUT2D eigenvalue weighted by Crippen LogP contribution is -2.30. The van der Waals surface area contributed by atoms with Gasteiger partial charge < -0.3 is 11.1 Å². The Balaban J connectivity index is 1.87. The minimum Gasteiger partial charge on any atom is -0.370 e. The monoisotopic (exact) mass is 276 g/mol. The Bertz CT molecular complexity index is 486. The molecule has 1 aromatic heterocycles. The molecule has 0 bridgehead atoms. The third-order valence-electron chi connectivity index (χ3n) is 4.26. The zero-order chi connectivity index (χ0) is 13.9. The first-order valence-electron chi connectivity index (χ1n) is 7.67. The van der Waals surface area contributed by atoms with Crippen LogP contribution in [0.15, 0.2) is 0 Å². The van der Waals surface area contributed by atoms with Crippen LogP contribution in [0.25, 0.3) is 0 Å². The van der Waals surface area contributed by atoms with Crippen LogP contribution in [0.2, 0.25) is 0 Å². The predicted octanol–water partition coefficient (Wildman–Crippen LogP) is 1.36. The summed E-state index contributed by atoms with van der Waals surface area (Å²) in [6, 6.07) is 0. The van der Waals surface area contributed by atoms with Gasteiger partial charge in [0, 0.05) is 18.7 Å². The van der Waals surface area contributed by atoms with Crippen LogP contribution in [0.5, 0.6) is 0 Å². The SMILES string of the molecule is N=C(N)n1nc(CN2CCCCC2)c2c1NCCCC2. The van der Waals surface area contributed by atoms with E-state index in [0.717, 1.165) is 50.5 Å². The molecule has 20 heavy (non-hydrogen) atoms. The molecule has 6 heteroatoms. The standard InChI is InChI=1S/C14H24N6/c15-14(16)20-13-11(6-2-3-7-17-13)12(18-20)10-19-8-4-1-5-9-19/h17H,1-10H2,(H3,15,16). The van der Waals surface area contributed by atoms with Crippen molar-refractivity contribution in [3.8, 4) is 0 Å². The Morgan fingerprint density at radius 2 is 2.00 bits per heavy atom. The van der Waals surface area contributed by atoms with Gasteiger partial charge in [-0.3, -0.25) is 10.3 Å². The zero-order valence-corrected chi connectivity index (χ0v) is 12.0. The Labute approximate surface area is 119 Å². The van der Waals surface area contributed by atoms with Crippen molar-refractivity contribution in [3.63, 3.8) is 0 Å². The van der Waals surface area contributed by atoms with Gasteiger partial charge in [-0.1, -0.05) is 6.42 Å². The Hall–Kier alpha value is -1.56. The molecule has 0 spiro atoms. The first kappa shape index (κ1) is 13.4. The van der Waals surface area contributed by atoms with E-state index in [0.29, 0.717) is 0 Å². The third-order valence-corrected chi connectivity index (χ3v) is 4.26. The topological polar surface area (TPSA) is 83.0 Å². The fraction of sp³-hybridized carbons (Fsp3) is 0.714. The number of nitrogens with two attached hydrogens (primary N) is 1. The van der Waals surface area contributed by atoms with E-state index in [4.69, 9.17) is 11.1 Å². The summed E-state index contributed by atoms with van der Waals surface area (Å²) in [6.45, 7) is 4.16. The molecule has 0 aliphatic carbocycles. The average Bonchev–Trinajstić information content (AvgIpc) is 2.63. The number of likely N-dealkylation sites (tertiary alicyclic amines) is 1. The van der Waals surface area contributed by atoms with Crippen LogP contribution in [0.4, 0.5) is 5.82 Å². The van der Waals surface area contributed by atoms with E-state index in [9.17, 15) is 0 Å². The van der Waals surface area contributed by atoms with Gasteiger partial charge in [0.2, 0.25) is 5.96 Å². The second kappa shape index (κ2) is 5.83. The van der Waals surface area contributed by atoms with Gasteiger partial charge in [0.15, 0.2) is 0 Å². The first-order chi connectivity index (χ1) is 9.75. The number of anilines is 1. The molecule has 1 fully saturated rings. The number of aromatic nitrogens is 2. The van der Waals surface area contributed by atoms with E-state index < -0.39 is 0 Å². The minimum absolute atomic E-state index is 0.000504. The maximum Gasteiger partial charge on any atom is 0.215 e. The molecule has 1 aromatic rings. The second-order valence-electron chi connectivity index (χ2n) is 5.79. The molecule has 4 N–H and O–H groups in total. The normalized spacial score (nSPS) is 20.0. The van der Waals surface area contributed by atoms with Crippen LogP contribution in [-0.2, 0) is 13.0 Å². The van der Waals surface area contributed by atoms with Gasteiger partial charge in [-0.05, 0) is 45.2 Å². The number of nitrogens with one attached hydrogen (secondary N) is 2. The summed E-state index contributed by atoms with van der Waals surface area (Å²) in [4.78, 5) is 2.47. The van der Waals surface area contributed by atoms with Crippen LogP contribution < -0.4 is 11.1 Å². The Morgan fingerprint density at radius 3 is 2.75 bits per heavy atom. The molecule has 0 amide bonds. The summed E-state index contributed by atoms with van der Waals surface area (Å²) in [5, 5.41) is 15.7. The van der Waals surface area contributed by atoms with Gasteiger partial charge in [0.25, 0.3) is 0 Å². The van der Waals surface area contributed by atoms with Crippen LogP contribution in [0.3, 0.4) is 0 Å². The van der Waals surface area contributed by atoms with Gasteiger partial charge in [0.05, 0.1) is 5.69 Å². The molecule has 0 aromatic carbocycles. The predicted molar refractivity (Wildman–Crippen MR) is 80.1 cm³/mol. The van der Waals surface area contributed by atoms with Crippen LogP contribution >= 0.6 is 0 Å². The van der Waals surface area contributed by atoms with E-state index in [1.54, 1.807) is 4.68 Å². The molecule has 2 aliphatic rings. The lowest BCUT2D eigenvalue weighted by molar-refractivity contribution is 0.217. The number of nitrogens with zero attached hydrogens (tertiary/aromatic N) is 3. The maximum atomic E-state index is 7.70. The molecule has 3 heterocycles. The smallest absolute Gasteiger partial charge is 0.215 e. The van der Waals surface area contributed by atoms with Gasteiger partial charge in [0.1, 0.15) is 5.82 Å². The van der Waals surface area contributed by atoms with Gasteiger partial charge in [-0.15, -0.1) is 0 Å². The summed E-state index contributed by atoms with van der Waals surface area (Å²) in [6.07, 6.45) is 7.30. The highest BCUT2D eigenvalue weighted by atomic mass is 15.4. The van der Waals surface area contributed by atoms with Gasteiger partial charge in [-0.25, -0.2) is 0 Å². The van der Waals surface area contributed by atoms with Crippen molar-refractivity contribution in [2.45, 2.75) is 45.1 Å². The van der Waals surface area contributed by atoms with Gasteiger partial charge >= 0.3 is 0 Å². The molecule has 6 nitrogen and oxygen atoms in total. The summed E-state index contributed by atoms with van der Waals surface area (Å²) < 4.78 is 1.57. The van der Waals surface area contributed by atoms with Crippen molar-refractivity contribution < 1.29 is 0 Å². The first-order valence-corrected chi connectivity index (χ1v) is 7.67. The maximum absolute atomic E-state index is 7.70. The number of fused-ring (bicyclic) bond motifs is 1. The molecule has 0 atom stereocenters. The van der Waals surface area contributed by atoms with E-state index in [1.165, 1.54) is 31.2 Å².